The lowest BCUT2D eigenvalue weighted by Crippen LogP contribution is -1.97. The Morgan fingerprint density at radius 3 is 1.50 bits per heavy atom. The highest BCUT2D eigenvalue weighted by molar-refractivity contribution is 6.17. The minimum absolute atomic E-state index is 0.401. The van der Waals surface area contributed by atoms with Crippen molar-refractivity contribution in [1.29, 1.82) is 0 Å². The molecular weight excluding hydrogens is 268 g/mol. The Balaban J connectivity index is 3.04. The van der Waals surface area contributed by atoms with Gasteiger partial charge in [-0.05, 0) is 12.8 Å². The molecule has 0 fully saturated rings. The van der Waals surface area contributed by atoms with Crippen LogP contribution in [0.2, 0.25) is 0 Å². The Morgan fingerprint density at radius 2 is 1.05 bits per heavy atom. The Morgan fingerprint density at radius 1 is 0.650 bits per heavy atom. The monoisotopic (exact) mass is 302 g/mol. The average molecular weight is 303 g/mol. The number of halogens is 1. The first-order chi connectivity index (χ1) is 9.81. The largest absolute Gasteiger partial charge is 0.300 e. The molecule has 0 atom stereocenters. The number of unbranched alkanes of at least 4 members (excludes halogenated alkanes) is 11. The summed E-state index contributed by atoms with van der Waals surface area (Å²) in [6.45, 7) is 2.27. The van der Waals surface area contributed by atoms with Crippen molar-refractivity contribution >= 4 is 17.4 Å². The first kappa shape index (κ1) is 20.0. The molecule has 0 aliphatic carbocycles. The van der Waals surface area contributed by atoms with Crippen molar-refractivity contribution in [3.05, 3.63) is 0 Å². The van der Waals surface area contributed by atoms with Gasteiger partial charge < -0.3 is 0 Å². The molecule has 2 heteroatoms. The molecule has 0 aromatic carbocycles. The van der Waals surface area contributed by atoms with Crippen LogP contribution in [0, 0.1) is 0 Å². The lowest BCUT2D eigenvalue weighted by Gasteiger charge is -2.03. The van der Waals surface area contributed by atoms with Gasteiger partial charge >= 0.3 is 0 Å². The zero-order chi connectivity index (χ0) is 14.9. The van der Waals surface area contributed by atoms with E-state index in [9.17, 15) is 4.79 Å². The molecule has 20 heavy (non-hydrogen) atoms. The van der Waals surface area contributed by atoms with Gasteiger partial charge in [-0.15, -0.1) is 11.6 Å². The van der Waals surface area contributed by atoms with Crippen molar-refractivity contribution in [1.82, 2.24) is 0 Å². The van der Waals surface area contributed by atoms with Crippen LogP contribution in [0.4, 0.5) is 0 Å². The summed E-state index contributed by atoms with van der Waals surface area (Å²) in [6, 6.07) is 0. The van der Waals surface area contributed by atoms with Crippen molar-refractivity contribution in [3.63, 3.8) is 0 Å². The SMILES string of the molecule is CCCCCCCCCCCCCCC(=O)CCCCl. The second kappa shape index (κ2) is 17.0. The Labute approximate surface area is 131 Å². The maximum Gasteiger partial charge on any atom is 0.132 e. The summed E-state index contributed by atoms with van der Waals surface area (Å²) in [6.07, 6.45) is 18.5. The van der Waals surface area contributed by atoms with Gasteiger partial charge in [0.05, 0.1) is 0 Å². The maximum atomic E-state index is 11.4. The quantitative estimate of drug-likeness (QED) is 0.230. The van der Waals surface area contributed by atoms with Crippen LogP contribution in [-0.2, 0) is 4.79 Å². The average Bonchev–Trinajstić information content (AvgIpc) is 2.46. The van der Waals surface area contributed by atoms with Crippen LogP contribution >= 0.6 is 11.6 Å². The van der Waals surface area contributed by atoms with Crippen LogP contribution in [0.25, 0.3) is 0 Å². The summed E-state index contributed by atoms with van der Waals surface area (Å²) in [5.74, 6) is 1.02. The summed E-state index contributed by atoms with van der Waals surface area (Å²) >= 11 is 5.57. The van der Waals surface area contributed by atoms with E-state index in [4.69, 9.17) is 11.6 Å². The minimum Gasteiger partial charge on any atom is -0.300 e. The third-order valence-electron chi connectivity index (χ3n) is 3.90. The minimum atomic E-state index is 0.401. The summed E-state index contributed by atoms with van der Waals surface area (Å²) in [5.41, 5.74) is 0. The highest BCUT2D eigenvalue weighted by Gasteiger charge is 2.00. The van der Waals surface area contributed by atoms with Crippen LogP contribution in [0.15, 0.2) is 0 Å². The van der Waals surface area contributed by atoms with E-state index < -0.39 is 0 Å². The summed E-state index contributed by atoms with van der Waals surface area (Å²) in [7, 11) is 0. The Kier molecular flexibility index (Phi) is 17.0. The van der Waals surface area contributed by atoms with Gasteiger partial charge in [0.25, 0.3) is 0 Å². The fraction of sp³-hybridized carbons (Fsp3) is 0.944. The van der Waals surface area contributed by atoms with Crippen LogP contribution in [0.3, 0.4) is 0 Å². The predicted molar refractivity (Wildman–Crippen MR) is 90.7 cm³/mol. The first-order valence-corrected chi connectivity index (χ1v) is 9.42. The zero-order valence-electron chi connectivity index (χ0n) is 13.6. The van der Waals surface area contributed by atoms with Gasteiger partial charge in [-0.3, -0.25) is 4.79 Å². The molecule has 0 spiro atoms. The van der Waals surface area contributed by atoms with Crippen molar-refractivity contribution in [2.45, 2.75) is 103 Å². The molecule has 0 N–H and O–H groups in total. The van der Waals surface area contributed by atoms with E-state index in [1.807, 2.05) is 0 Å². The fourth-order valence-corrected chi connectivity index (χ4v) is 2.69. The number of hydrogen-bond acceptors (Lipinski definition) is 1. The Bertz CT molecular complexity index is 204. The van der Waals surface area contributed by atoms with Gasteiger partial charge in [0.15, 0.2) is 0 Å². The van der Waals surface area contributed by atoms with Crippen LogP contribution in [0.1, 0.15) is 103 Å². The molecule has 0 aromatic rings. The van der Waals surface area contributed by atoms with Gasteiger partial charge in [0, 0.05) is 18.7 Å². The molecule has 0 aromatic heterocycles. The first-order valence-electron chi connectivity index (χ1n) is 8.89. The molecule has 0 saturated carbocycles. The smallest absolute Gasteiger partial charge is 0.132 e. The summed E-state index contributed by atoms with van der Waals surface area (Å²) in [4.78, 5) is 11.4. The topological polar surface area (TPSA) is 17.1 Å². The van der Waals surface area contributed by atoms with Gasteiger partial charge in [-0.2, -0.15) is 0 Å². The molecule has 0 heterocycles. The standard InChI is InChI=1S/C18H35ClO/c1-2-3-4-5-6-7-8-9-10-11-12-13-15-18(20)16-14-17-19/h2-17H2,1H3. The van der Waals surface area contributed by atoms with Gasteiger partial charge in [0.2, 0.25) is 0 Å². The molecule has 1 nitrogen and oxygen atoms in total. The van der Waals surface area contributed by atoms with E-state index in [1.165, 1.54) is 70.6 Å². The van der Waals surface area contributed by atoms with E-state index >= 15 is 0 Å². The van der Waals surface area contributed by atoms with Crippen molar-refractivity contribution in [2.75, 3.05) is 5.88 Å². The number of rotatable bonds is 16. The van der Waals surface area contributed by atoms with E-state index in [0.29, 0.717) is 18.1 Å². The number of ketones is 1. The molecule has 0 saturated heterocycles. The van der Waals surface area contributed by atoms with E-state index in [1.54, 1.807) is 0 Å². The highest BCUT2D eigenvalue weighted by Crippen LogP contribution is 2.12. The normalized spacial score (nSPS) is 10.9. The summed E-state index contributed by atoms with van der Waals surface area (Å²) in [5, 5.41) is 0. The van der Waals surface area contributed by atoms with Gasteiger partial charge in [-0.1, -0.05) is 77.6 Å². The third kappa shape index (κ3) is 16.0. The third-order valence-corrected chi connectivity index (χ3v) is 4.17. The molecule has 0 amide bonds. The molecule has 0 aliphatic heterocycles. The van der Waals surface area contributed by atoms with Crippen molar-refractivity contribution in [2.24, 2.45) is 0 Å². The number of Topliss-reactive ketones (excluding diaryl/α,β-unsaturated/α-hetero) is 1. The molecule has 0 aliphatic rings. The predicted octanol–water partition coefficient (Wildman–Crippen LogP) is 6.67. The molecule has 0 bridgehead atoms. The zero-order valence-corrected chi connectivity index (χ0v) is 14.4. The summed E-state index contributed by atoms with van der Waals surface area (Å²) < 4.78 is 0. The number of hydrogen-bond donors (Lipinski definition) is 0. The molecule has 0 unspecified atom stereocenters. The molecule has 120 valence electrons. The van der Waals surface area contributed by atoms with Crippen LogP contribution in [-0.4, -0.2) is 11.7 Å². The van der Waals surface area contributed by atoms with E-state index in [0.717, 1.165) is 19.3 Å². The van der Waals surface area contributed by atoms with E-state index in [2.05, 4.69) is 6.92 Å². The van der Waals surface area contributed by atoms with Gasteiger partial charge in [0.1, 0.15) is 5.78 Å². The van der Waals surface area contributed by atoms with Crippen molar-refractivity contribution in [3.8, 4) is 0 Å². The number of alkyl halides is 1. The molecular formula is C18H35ClO. The Hall–Kier alpha value is -0.0400. The molecule has 0 radical (unpaired) electrons. The maximum absolute atomic E-state index is 11.4. The van der Waals surface area contributed by atoms with Crippen LogP contribution < -0.4 is 0 Å². The second-order valence-corrected chi connectivity index (χ2v) is 6.35. The second-order valence-electron chi connectivity index (χ2n) is 5.97. The number of carbonyl (C=O) groups excluding carboxylic acids is 1. The van der Waals surface area contributed by atoms with Crippen LogP contribution in [0.5, 0.6) is 0 Å². The van der Waals surface area contributed by atoms with Gasteiger partial charge in [-0.25, -0.2) is 0 Å². The number of carbonyl (C=O) groups is 1. The molecule has 0 rings (SSSR count). The highest BCUT2D eigenvalue weighted by atomic mass is 35.5. The van der Waals surface area contributed by atoms with Crippen molar-refractivity contribution < 1.29 is 4.79 Å². The lowest BCUT2D eigenvalue weighted by molar-refractivity contribution is -0.119. The van der Waals surface area contributed by atoms with E-state index in [-0.39, 0.29) is 0 Å². The fourth-order valence-electron chi connectivity index (χ4n) is 2.55. The lowest BCUT2D eigenvalue weighted by atomic mass is 10.0.